The van der Waals surface area contributed by atoms with Gasteiger partial charge in [-0.25, -0.2) is 30.0 Å². The highest BCUT2D eigenvalue weighted by Gasteiger charge is 2.26. The highest BCUT2D eigenvalue weighted by atomic mass is 32.3. The molecule has 0 saturated heterocycles. The predicted molar refractivity (Wildman–Crippen MR) is 218 cm³/mol. The Balaban J connectivity index is 1.71. The zero-order valence-electron chi connectivity index (χ0n) is 32.6. The van der Waals surface area contributed by atoms with Crippen molar-refractivity contribution in [3.8, 4) is 17.2 Å². The number of carboxylic acid groups (broad SMARTS) is 1. The van der Waals surface area contributed by atoms with Gasteiger partial charge in [-0.05, 0) is 60.7 Å². The lowest BCUT2D eigenvalue weighted by molar-refractivity contribution is -0.114. The van der Waals surface area contributed by atoms with Crippen molar-refractivity contribution in [2.45, 2.75) is 21.6 Å². The van der Waals surface area contributed by atoms with Crippen LogP contribution in [0.3, 0.4) is 0 Å². The number of anilines is 1. The molecular formula is C32H31N7O21S5. The lowest BCUT2D eigenvalue weighted by atomic mass is 10.1. The van der Waals surface area contributed by atoms with Crippen LogP contribution >= 0.6 is 0 Å². The summed E-state index contributed by atoms with van der Waals surface area (Å²) in [4.78, 5) is 21.8. The molecule has 0 atom stereocenters. The molecule has 0 radical (unpaired) electrons. The van der Waals surface area contributed by atoms with E-state index in [4.69, 9.17) is 13.8 Å². The molecule has 350 valence electrons. The van der Waals surface area contributed by atoms with Crippen LogP contribution in [0, 0.1) is 0 Å². The fourth-order valence-electron chi connectivity index (χ4n) is 4.93. The van der Waals surface area contributed by atoms with E-state index in [1.807, 2.05) is 0 Å². The monoisotopic (exact) mass is 1010 g/mol. The van der Waals surface area contributed by atoms with E-state index < -0.39 is 131 Å². The van der Waals surface area contributed by atoms with E-state index >= 15 is 0 Å². The van der Waals surface area contributed by atoms with Crippen molar-refractivity contribution < 1.29 is 93.8 Å². The molecule has 7 N–H and O–H groups in total. The van der Waals surface area contributed by atoms with E-state index in [0.29, 0.717) is 18.2 Å². The van der Waals surface area contributed by atoms with Crippen LogP contribution in [0.2, 0.25) is 0 Å². The first-order valence-corrected chi connectivity index (χ1v) is 24.5. The maximum atomic E-state index is 12.8. The third-order valence-corrected chi connectivity index (χ3v) is 12.9. The van der Waals surface area contributed by atoms with Gasteiger partial charge in [0, 0.05) is 6.92 Å². The number of hydrogen-bond acceptors (Lipinski definition) is 23. The highest BCUT2D eigenvalue weighted by Crippen LogP contribution is 2.47. The summed E-state index contributed by atoms with van der Waals surface area (Å²) in [6.45, 7) is -0.880. The second-order valence-electron chi connectivity index (χ2n) is 12.4. The number of benzene rings is 4. The van der Waals surface area contributed by atoms with Crippen LogP contribution in [0.15, 0.2) is 106 Å². The van der Waals surface area contributed by atoms with Crippen molar-refractivity contribution in [3.05, 3.63) is 66.2 Å². The molecule has 4 aromatic carbocycles. The van der Waals surface area contributed by atoms with Gasteiger partial charge in [0.15, 0.2) is 31.1 Å². The molecule has 0 bridgehead atoms. The fourth-order valence-corrected chi connectivity index (χ4v) is 8.67. The van der Waals surface area contributed by atoms with Crippen LogP contribution in [0.5, 0.6) is 17.2 Å². The second kappa shape index (κ2) is 20.2. The molecule has 0 aliphatic rings. The van der Waals surface area contributed by atoms with Gasteiger partial charge in [-0.3, -0.25) is 18.5 Å². The van der Waals surface area contributed by atoms with Gasteiger partial charge in [0.1, 0.15) is 39.1 Å². The van der Waals surface area contributed by atoms with E-state index in [-0.39, 0.29) is 33.4 Å². The van der Waals surface area contributed by atoms with E-state index in [0.717, 1.165) is 31.2 Å². The largest absolute Gasteiger partial charge is 0.505 e. The number of methoxy groups -OCH3 is 1. The van der Waals surface area contributed by atoms with Crippen LogP contribution in [0.1, 0.15) is 17.3 Å². The number of nitrogens with one attached hydrogen (secondary N) is 1. The van der Waals surface area contributed by atoms with Gasteiger partial charge in [-0.2, -0.15) is 30.4 Å². The minimum atomic E-state index is -5.33. The van der Waals surface area contributed by atoms with Gasteiger partial charge < -0.3 is 25.4 Å². The Morgan fingerprint density at radius 1 is 0.631 bits per heavy atom. The zero-order chi connectivity index (χ0) is 48.7. The number of phenolic OH excluding ortho intramolecular Hbond substituents is 2. The number of carbonyl (C=O) groups excluding carboxylic acids is 1. The first-order valence-electron chi connectivity index (χ1n) is 17.0. The molecule has 0 heterocycles. The Bertz CT molecular complexity index is 3210. The van der Waals surface area contributed by atoms with Crippen molar-refractivity contribution in [1.82, 2.24) is 0 Å². The number of nitrogens with zero attached hydrogens (tertiary/aromatic N) is 6. The number of ether oxygens (including phenoxy) is 1. The highest BCUT2D eigenvalue weighted by molar-refractivity contribution is 7.92. The average Bonchev–Trinajstić information content (AvgIpc) is 3.18. The molecule has 0 saturated carbocycles. The molecule has 1 amide bonds. The molecule has 0 aromatic heterocycles. The molecule has 0 spiro atoms. The van der Waals surface area contributed by atoms with Gasteiger partial charge >= 0.3 is 26.8 Å². The number of carbonyl (C=O) groups is 2. The maximum Gasteiger partial charge on any atom is 0.397 e. The molecule has 0 fully saturated rings. The smallest absolute Gasteiger partial charge is 0.397 e. The molecule has 28 nitrogen and oxygen atoms in total. The standard InChI is InChI=1S/C32H31N7O21S5/c1-17(40)33-24-13-18(3-6-22(24)35-37-25-14-19(5-8-27(25)58-2)61(45,46)11-9-59-64(52,53)54)34-39-30-26(41)16-21(32(43)44)29(31(30)42)38-36-23-7-4-20(15-28(23)63(49,50)51)62(47,48)12-10-60-65(55,56)57/h3-8,13-16,41-42H,9-12H2,1-2H3,(H,33,40)(H,43,44)(H,49,50,51)(H,52,53,54)(H,55,56,57). The van der Waals surface area contributed by atoms with Gasteiger partial charge in [0.2, 0.25) is 5.91 Å². The number of phenols is 2. The molecule has 0 aliphatic heterocycles. The van der Waals surface area contributed by atoms with Crippen LogP contribution in [0.4, 0.5) is 39.8 Å². The second-order valence-corrected chi connectivity index (χ2v) is 20.1. The van der Waals surface area contributed by atoms with Crippen molar-refractivity contribution in [2.75, 3.05) is 37.1 Å². The average molecular weight is 1010 g/mol. The van der Waals surface area contributed by atoms with Crippen molar-refractivity contribution in [1.29, 1.82) is 0 Å². The maximum absolute atomic E-state index is 12.8. The summed E-state index contributed by atoms with van der Waals surface area (Å²) in [6.07, 6.45) is 0. The summed E-state index contributed by atoms with van der Waals surface area (Å²) in [5.41, 5.74) is -4.04. The van der Waals surface area contributed by atoms with E-state index in [2.05, 4.69) is 44.4 Å². The summed E-state index contributed by atoms with van der Waals surface area (Å²) in [5.74, 6) is -6.61. The Morgan fingerprint density at radius 2 is 1.15 bits per heavy atom. The fraction of sp³-hybridized carbons (Fsp3) is 0.188. The predicted octanol–water partition coefficient (Wildman–Crippen LogP) is 4.44. The van der Waals surface area contributed by atoms with Gasteiger partial charge in [0.05, 0.1) is 58.6 Å². The number of aromatic carboxylic acids is 1. The minimum absolute atomic E-state index is 0.0212. The Labute approximate surface area is 367 Å². The number of azo groups is 3. The number of carboxylic acids is 1. The summed E-state index contributed by atoms with van der Waals surface area (Å²) in [7, 11) is -22.8. The van der Waals surface area contributed by atoms with E-state index in [1.165, 1.54) is 25.3 Å². The Hall–Kier alpha value is -6.43. The number of amides is 1. The third kappa shape index (κ3) is 14.3. The minimum Gasteiger partial charge on any atom is -0.505 e. The van der Waals surface area contributed by atoms with Crippen molar-refractivity contribution >= 4 is 102 Å². The zero-order valence-corrected chi connectivity index (χ0v) is 36.7. The lowest BCUT2D eigenvalue weighted by Crippen LogP contribution is -2.16. The van der Waals surface area contributed by atoms with Gasteiger partial charge in [0.25, 0.3) is 10.1 Å². The molecule has 4 rings (SSSR count). The molecule has 4 aromatic rings. The van der Waals surface area contributed by atoms with Crippen LogP contribution in [0.25, 0.3) is 0 Å². The topological polar surface area (TPSA) is 440 Å². The van der Waals surface area contributed by atoms with Gasteiger partial charge in [-0.15, -0.1) is 25.6 Å². The van der Waals surface area contributed by atoms with Gasteiger partial charge in [-0.1, -0.05) is 0 Å². The van der Waals surface area contributed by atoms with Crippen LogP contribution in [-0.4, -0.2) is 115 Å². The SMILES string of the molecule is COc1ccc(S(=O)(=O)CCOS(=O)(=O)O)cc1N=Nc1ccc(N=Nc2c(O)cc(C(=O)O)c(N=Nc3ccc(S(=O)(=O)CCOS(=O)(=O)O)cc3S(=O)(=O)O)c2O)cc1NC(C)=O. The molecule has 0 unspecified atom stereocenters. The summed E-state index contributed by atoms with van der Waals surface area (Å²) >= 11 is 0. The number of sulfone groups is 2. The van der Waals surface area contributed by atoms with Crippen molar-refractivity contribution in [2.24, 2.45) is 30.7 Å². The quantitative estimate of drug-likeness (QED) is 0.0475. The lowest BCUT2D eigenvalue weighted by Gasteiger charge is -2.10. The van der Waals surface area contributed by atoms with Crippen LogP contribution in [-0.2, 0) is 63.8 Å². The summed E-state index contributed by atoms with van der Waals surface area (Å²) in [6, 6.07) is 9.34. The number of hydrogen-bond donors (Lipinski definition) is 7. The van der Waals surface area contributed by atoms with Crippen LogP contribution < -0.4 is 10.1 Å². The van der Waals surface area contributed by atoms with Crippen molar-refractivity contribution in [3.63, 3.8) is 0 Å². The molecule has 33 heteroatoms. The summed E-state index contributed by atoms with van der Waals surface area (Å²) in [5, 5.41) is 56.6. The summed E-state index contributed by atoms with van der Waals surface area (Å²) < 4.78 is 159. The first-order chi connectivity index (χ1) is 30.0. The first kappa shape index (κ1) is 51.2. The molecule has 65 heavy (non-hydrogen) atoms. The molecule has 0 aliphatic carbocycles. The van der Waals surface area contributed by atoms with E-state index in [9.17, 15) is 71.6 Å². The Morgan fingerprint density at radius 3 is 1.69 bits per heavy atom. The third-order valence-electron chi connectivity index (χ3n) is 7.78. The Kier molecular flexibility index (Phi) is 15.9. The van der Waals surface area contributed by atoms with E-state index in [1.54, 1.807) is 0 Å². The number of rotatable bonds is 20. The number of aromatic hydroxyl groups is 2. The normalized spacial score (nSPS) is 12.9. The molecular weight excluding hydrogens is 979 g/mol.